The summed E-state index contributed by atoms with van der Waals surface area (Å²) in [4.78, 5) is 4.53. The number of pyridine rings is 1. The van der Waals surface area contributed by atoms with Crippen molar-refractivity contribution in [2.24, 2.45) is 11.8 Å². The minimum absolute atomic E-state index is 0.143. The first-order valence-corrected chi connectivity index (χ1v) is 12.6. The zero-order valence-electron chi connectivity index (χ0n) is 18.7. The second-order valence-electron chi connectivity index (χ2n) is 9.57. The smallest absolute Gasteiger partial charge is 0.244 e. The van der Waals surface area contributed by atoms with E-state index < -0.39 is 15.6 Å². The van der Waals surface area contributed by atoms with Crippen LogP contribution in [0.2, 0.25) is 0 Å². The SMILES string of the molecule is CCC1CCC(CO)(NS(=O)(=O)c2cc(C)cnc2NCC2CCOC2(C)C)CC1. The molecule has 1 aromatic rings. The van der Waals surface area contributed by atoms with Crippen LogP contribution in [-0.2, 0) is 14.8 Å². The fourth-order valence-corrected chi connectivity index (χ4v) is 6.32. The molecule has 1 saturated carbocycles. The van der Waals surface area contributed by atoms with Crippen LogP contribution in [0.15, 0.2) is 17.2 Å². The molecule has 1 saturated heterocycles. The van der Waals surface area contributed by atoms with Crippen molar-refractivity contribution in [3.8, 4) is 0 Å². The number of aliphatic hydroxyl groups excluding tert-OH is 1. The summed E-state index contributed by atoms with van der Waals surface area (Å²) in [7, 11) is -3.85. The van der Waals surface area contributed by atoms with Crippen molar-refractivity contribution in [2.75, 3.05) is 25.1 Å². The van der Waals surface area contributed by atoms with E-state index in [4.69, 9.17) is 4.74 Å². The lowest BCUT2D eigenvalue weighted by atomic mass is 9.77. The summed E-state index contributed by atoms with van der Waals surface area (Å²) in [5.74, 6) is 1.23. The van der Waals surface area contributed by atoms with Crippen molar-refractivity contribution in [3.05, 3.63) is 17.8 Å². The monoisotopic (exact) mass is 439 g/mol. The topological polar surface area (TPSA) is 101 Å². The van der Waals surface area contributed by atoms with Crippen LogP contribution < -0.4 is 10.0 Å². The minimum atomic E-state index is -3.85. The number of ether oxygens (including phenoxy) is 1. The third kappa shape index (κ3) is 5.15. The molecule has 7 nitrogen and oxygen atoms in total. The van der Waals surface area contributed by atoms with E-state index in [-0.39, 0.29) is 23.0 Å². The number of hydrogen-bond acceptors (Lipinski definition) is 6. The summed E-state index contributed by atoms with van der Waals surface area (Å²) < 4.78 is 35.4. The van der Waals surface area contributed by atoms with E-state index in [0.29, 0.717) is 37.7 Å². The Morgan fingerprint density at radius 2 is 1.97 bits per heavy atom. The van der Waals surface area contributed by atoms with Gasteiger partial charge in [0.25, 0.3) is 0 Å². The first-order valence-electron chi connectivity index (χ1n) is 11.1. The molecule has 1 unspecified atom stereocenters. The Morgan fingerprint density at radius 3 is 2.53 bits per heavy atom. The molecule has 3 rings (SSSR count). The van der Waals surface area contributed by atoms with Crippen molar-refractivity contribution < 1.29 is 18.3 Å². The zero-order valence-corrected chi connectivity index (χ0v) is 19.5. The summed E-state index contributed by atoms with van der Waals surface area (Å²) in [5.41, 5.74) is -0.265. The number of nitrogens with one attached hydrogen (secondary N) is 2. The Hall–Kier alpha value is -1.22. The molecule has 1 aliphatic carbocycles. The van der Waals surface area contributed by atoms with Crippen LogP contribution in [0.1, 0.15) is 64.9 Å². The summed E-state index contributed by atoms with van der Waals surface area (Å²) in [6.07, 6.45) is 6.84. The van der Waals surface area contributed by atoms with Crippen LogP contribution in [0.5, 0.6) is 0 Å². The maximum atomic E-state index is 13.4. The number of aromatic nitrogens is 1. The van der Waals surface area contributed by atoms with Crippen molar-refractivity contribution in [3.63, 3.8) is 0 Å². The molecule has 1 aliphatic heterocycles. The Kier molecular flexibility index (Phi) is 7.11. The molecule has 170 valence electrons. The van der Waals surface area contributed by atoms with E-state index in [9.17, 15) is 13.5 Å². The molecule has 8 heteroatoms. The minimum Gasteiger partial charge on any atom is -0.394 e. The van der Waals surface area contributed by atoms with Crippen molar-refractivity contribution in [1.29, 1.82) is 0 Å². The molecule has 2 fully saturated rings. The van der Waals surface area contributed by atoms with Crippen LogP contribution in [0.25, 0.3) is 0 Å². The average Bonchev–Trinajstić information content (AvgIpc) is 3.05. The summed E-state index contributed by atoms with van der Waals surface area (Å²) >= 11 is 0. The van der Waals surface area contributed by atoms with Gasteiger partial charge in [0.2, 0.25) is 10.0 Å². The van der Waals surface area contributed by atoms with E-state index in [1.807, 2.05) is 6.92 Å². The van der Waals surface area contributed by atoms with E-state index in [1.165, 1.54) is 0 Å². The number of rotatable bonds is 8. The highest BCUT2D eigenvalue weighted by Crippen LogP contribution is 2.36. The third-order valence-corrected chi connectivity index (χ3v) is 8.60. The van der Waals surface area contributed by atoms with E-state index in [0.717, 1.165) is 31.2 Å². The quantitative estimate of drug-likeness (QED) is 0.575. The lowest BCUT2D eigenvalue weighted by Crippen LogP contribution is -2.53. The highest BCUT2D eigenvalue weighted by molar-refractivity contribution is 7.89. The lowest BCUT2D eigenvalue weighted by Gasteiger charge is -2.39. The molecule has 0 bridgehead atoms. The van der Waals surface area contributed by atoms with Crippen molar-refractivity contribution >= 4 is 15.8 Å². The summed E-state index contributed by atoms with van der Waals surface area (Å²) in [6, 6.07) is 1.65. The maximum Gasteiger partial charge on any atom is 0.244 e. The highest BCUT2D eigenvalue weighted by Gasteiger charge is 2.39. The Balaban J connectivity index is 1.80. The number of nitrogens with zero attached hydrogens (tertiary/aromatic N) is 1. The molecule has 1 atom stereocenters. The van der Waals surface area contributed by atoms with E-state index in [2.05, 4.69) is 35.8 Å². The van der Waals surface area contributed by atoms with Gasteiger partial charge in [-0.05, 0) is 70.4 Å². The first-order chi connectivity index (χ1) is 14.1. The predicted octanol–water partition coefficient (Wildman–Crippen LogP) is 3.23. The van der Waals surface area contributed by atoms with Gasteiger partial charge in [0.1, 0.15) is 10.7 Å². The maximum absolute atomic E-state index is 13.4. The van der Waals surface area contributed by atoms with Crippen LogP contribution in [-0.4, -0.2) is 49.4 Å². The van der Waals surface area contributed by atoms with Gasteiger partial charge in [0.05, 0.1) is 17.7 Å². The molecule has 30 heavy (non-hydrogen) atoms. The fraction of sp³-hybridized carbons (Fsp3) is 0.773. The van der Waals surface area contributed by atoms with Gasteiger partial charge in [0, 0.05) is 25.3 Å². The fourth-order valence-electron chi connectivity index (χ4n) is 4.65. The summed E-state index contributed by atoms with van der Waals surface area (Å²) in [5, 5.41) is 13.3. The largest absolute Gasteiger partial charge is 0.394 e. The Morgan fingerprint density at radius 1 is 1.27 bits per heavy atom. The molecule has 1 aromatic heterocycles. The normalized spacial score (nSPS) is 29.1. The van der Waals surface area contributed by atoms with Crippen molar-refractivity contribution in [1.82, 2.24) is 9.71 Å². The van der Waals surface area contributed by atoms with Gasteiger partial charge in [-0.2, -0.15) is 0 Å². The van der Waals surface area contributed by atoms with Crippen molar-refractivity contribution in [2.45, 2.75) is 82.3 Å². The molecule has 2 aliphatic rings. The number of aryl methyl sites for hydroxylation is 1. The highest BCUT2D eigenvalue weighted by atomic mass is 32.2. The van der Waals surface area contributed by atoms with Gasteiger partial charge in [-0.15, -0.1) is 0 Å². The van der Waals surface area contributed by atoms with Crippen LogP contribution in [0, 0.1) is 18.8 Å². The number of anilines is 1. The van der Waals surface area contributed by atoms with Gasteiger partial charge < -0.3 is 15.2 Å². The molecule has 0 radical (unpaired) electrons. The summed E-state index contributed by atoms with van der Waals surface area (Å²) in [6.45, 7) is 9.22. The Bertz CT molecular complexity index is 833. The van der Waals surface area contributed by atoms with Gasteiger partial charge >= 0.3 is 0 Å². The Labute approximate surface area is 181 Å². The molecular weight excluding hydrogens is 402 g/mol. The molecule has 2 heterocycles. The molecular formula is C22H37N3O4S. The predicted molar refractivity (Wildman–Crippen MR) is 118 cm³/mol. The van der Waals surface area contributed by atoms with Gasteiger partial charge in [-0.3, -0.25) is 0 Å². The average molecular weight is 440 g/mol. The standard InChI is InChI=1S/C22H37N3O4S/c1-5-17-6-9-22(15-26,10-7-17)25-30(27,28)19-12-16(2)13-23-20(19)24-14-18-8-11-29-21(18,3)4/h12-13,17-18,25-26H,5-11,14-15H2,1-4H3,(H,23,24). The number of sulfonamides is 1. The number of hydrogen-bond donors (Lipinski definition) is 3. The zero-order chi connectivity index (χ0) is 22.0. The van der Waals surface area contributed by atoms with Gasteiger partial charge in [-0.1, -0.05) is 13.3 Å². The molecule has 0 spiro atoms. The first kappa shape index (κ1) is 23.4. The molecule has 3 N–H and O–H groups in total. The van der Waals surface area contributed by atoms with Crippen LogP contribution >= 0.6 is 0 Å². The lowest BCUT2D eigenvalue weighted by molar-refractivity contribution is 0.0141. The second-order valence-corrected chi connectivity index (χ2v) is 11.2. The second kappa shape index (κ2) is 9.10. The number of aliphatic hydroxyl groups is 1. The van der Waals surface area contributed by atoms with E-state index in [1.54, 1.807) is 12.3 Å². The van der Waals surface area contributed by atoms with E-state index >= 15 is 0 Å². The van der Waals surface area contributed by atoms with Gasteiger partial charge in [0.15, 0.2) is 0 Å². The van der Waals surface area contributed by atoms with Crippen LogP contribution in [0.4, 0.5) is 5.82 Å². The third-order valence-electron chi connectivity index (χ3n) is 7.01. The molecule has 0 aromatic carbocycles. The van der Waals surface area contributed by atoms with Gasteiger partial charge in [-0.25, -0.2) is 18.1 Å². The molecule has 0 amide bonds. The van der Waals surface area contributed by atoms with Crippen LogP contribution in [0.3, 0.4) is 0 Å².